The summed E-state index contributed by atoms with van der Waals surface area (Å²) in [6.07, 6.45) is 1.70. The van der Waals surface area contributed by atoms with Crippen LogP contribution in [0.1, 0.15) is 10.4 Å². The molecule has 0 fully saturated rings. The molecule has 4 heteroatoms. The number of carbonyl (C=O) groups is 1. The van der Waals surface area contributed by atoms with Gasteiger partial charge in [-0.15, -0.1) is 0 Å². The third-order valence-corrected chi connectivity index (χ3v) is 2.17. The molecule has 0 bridgehead atoms. The zero-order chi connectivity index (χ0) is 11.5. The molecule has 0 saturated heterocycles. The van der Waals surface area contributed by atoms with Gasteiger partial charge in [0, 0.05) is 11.8 Å². The van der Waals surface area contributed by atoms with E-state index in [4.69, 9.17) is 0 Å². The van der Waals surface area contributed by atoms with Gasteiger partial charge in [0.1, 0.15) is 5.82 Å². The van der Waals surface area contributed by atoms with Gasteiger partial charge in [-0.05, 0) is 23.8 Å². The molecule has 2 aromatic rings. The summed E-state index contributed by atoms with van der Waals surface area (Å²) in [5, 5.41) is 0. The highest BCUT2D eigenvalue weighted by Gasteiger charge is 2.05. The molecule has 0 unspecified atom stereocenters. The molecule has 0 aliphatic carbocycles. The zero-order valence-electron chi connectivity index (χ0n) is 8.15. The standard InChI is InChI=1S/C12H7F2NO/c13-11-3-1-8(2-4-11)9-5-10(7-16)12(14)15-6-9/h1-7H. The molecule has 0 N–H and O–H groups in total. The van der Waals surface area contributed by atoms with Gasteiger partial charge in [0.15, 0.2) is 6.29 Å². The van der Waals surface area contributed by atoms with E-state index in [0.717, 1.165) is 0 Å². The van der Waals surface area contributed by atoms with E-state index >= 15 is 0 Å². The molecule has 0 saturated carbocycles. The second-order valence-corrected chi connectivity index (χ2v) is 3.23. The number of carbonyl (C=O) groups excluding carboxylic acids is 1. The molecule has 0 aliphatic heterocycles. The quantitative estimate of drug-likeness (QED) is 0.574. The maximum atomic E-state index is 12.9. The summed E-state index contributed by atoms with van der Waals surface area (Å²) in [4.78, 5) is 14.0. The fraction of sp³-hybridized carbons (Fsp3) is 0. The van der Waals surface area contributed by atoms with Crippen molar-refractivity contribution in [2.24, 2.45) is 0 Å². The minimum Gasteiger partial charge on any atom is -0.298 e. The van der Waals surface area contributed by atoms with Crippen LogP contribution >= 0.6 is 0 Å². The van der Waals surface area contributed by atoms with Crippen LogP contribution in [0.5, 0.6) is 0 Å². The molecule has 16 heavy (non-hydrogen) atoms. The largest absolute Gasteiger partial charge is 0.298 e. The Hall–Kier alpha value is -2.10. The van der Waals surface area contributed by atoms with Gasteiger partial charge in [-0.1, -0.05) is 12.1 Å². The topological polar surface area (TPSA) is 30.0 Å². The number of hydrogen-bond donors (Lipinski definition) is 0. The van der Waals surface area contributed by atoms with Crippen LogP contribution in [-0.4, -0.2) is 11.3 Å². The first-order valence-corrected chi connectivity index (χ1v) is 4.57. The monoisotopic (exact) mass is 219 g/mol. The van der Waals surface area contributed by atoms with E-state index < -0.39 is 5.95 Å². The predicted molar refractivity (Wildman–Crippen MR) is 55.0 cm³/mol. The van der Waals surface area contributed by atoms with Crippen LogP contribution in [-0.2, 0) is 0 Å². The highest BCUT2D eigenvalue weighted by molar-refractivity contribution is 5.78. The highest BCUT2D eigenvalue weighted by Crippen LogP contribution is 2.20. The van der Waals surface area contributed by atoms with Crippen molar-refractivity contribution >= 4 is 6.29 Å². The predicted octanol–water partition coefficient (Wildman–Crippen LogP) is 2.84. The number of benzene rings is 1. The van der Waals surface area contributed by atoms with Gasteiger partial charge in [-0.3, -0.25) is 4.79 Å². The summed E-state index contributed by atoms with van der Waals surface area (Å²) in [7, 11) is 0. The lowest BCUT2D eigenvalue weighted by molar-refractivity contribution is 0.111. The molecular formula is C12H7F2NO. The zero-order valence-corrected chi connectivity index (χ0v) is 8.15. The summed E-state index contributed by atoms with van der Waals surface area (Å²) in [6, 6.07) is 7.04. The number of halogens is 2. The van der Waals surface area contributed by atoms with Crippen LogP contribution in [0.25, 0.3) is 11.1 Å². The van der Waals surface area contributed by atoms with Crippen molar-refractivity contribution in [3.8, 4) is 11.1 Å². The normalized spacial score (nSPS) is 10.1. The van der Waals surface area contributed by atoms with Crippen molar-refractivity contribution in [3.63, 3.8) is 0 Å². The van der Waals surface area contributed by atoms with Crippen molar-refractivity contribution in [3.05, 3.63) is 53.9 Å². The van der Waals surface area contributed by atoms with Gasteiger partial charge in [-0.2, -0.15) is 4.39 Å². The molecule has 0 radical (unpaired) electrons. The Morgan fingerprint density at radius 2 is 1.75 bits per heavy atom. The first-order chi connectivity index (χ1) is 7.70. The Bertz CT molecular complexity index is 523. The summed E-state index contributed by atoms with van der Waals surface area (Å²) in [5.41, 5.74) is 1.14. The van der Waals surface area contributed by atoms with Crippen LogP contribution in [0, 0.1) is 11.8 Å². The molecule has 1 aromatic carbocycles. The third kappa shape index (κ3) is 1.95. The summed E-state index contributed by atoms with van der Waals surface area (Å²) in [5.74, 6) is -1.16. The van der Waals surface area contributed by atoms with Crippen molar-refractivity contribution in [2.45, 2.75) is 0 Å². The lowest BCUT2D eigenvalue weighted by Gasteiger charge is -2.02. The van der Waals surface area contributed by atoms with Gasteiger partial charge < -0.3 is 0 Å². The summed E-state index contributed by atoms with van der Waals surface area (Å²) < 4.78 is 25.6. The minimum absolute atomic E-state index is 0.109. The Labute approximate surface area is 90.6 Å². The van der Waals surface area contributed by atoms with E-state index in [1.54, 1.807) is 12.1 Å². The van der Waals surface area contributed by atoms with E-state index in [1.807, 2.05) is 0 Å². The molecule has 80 valence electrons. The molecule has 0 amide bonds. The van der Waals surface area contributed by atoms with Crippen LogP contribution in [0.4, 0.5) is 8.78 Å². The first kappa shape index (κ1) is 10.4. The Morgan fingerprint density at radius 3 is 2.38 bits per heavy atom. The van der Waals surface area contributed by atoms with Crippen LogP contribution in [0.3, 0.4) is 0 Å². The van der Waals surface area contributed by atoms with Crippen molar-refractivity contribution in [1.29, 1.82) is 0 Å². The number of hydrogen-bond acceptors (Lipinski definition) is 2. The van der Waals surface area contributed by atoms with Crippen LogP contribution in [0.15, 0.2) is 36.5 Å². The maximum absolute atomic E-state index is 12.9. The first-order valence-electron chi connectivity index (χ1n) is 4.57. The number of rotatable bonds is 2. The third-order valence-electron chi connectivity index (χ3n) is 2.17. The molecule has 0 atom stereocenters. The molecule has 2 rings (SSSR count). The smallest absolute Gasteiger partial charge is 0.223 e. The SMILES string of the molecule is O=Cc1cc(-c2ccc(F)cc2)cnc1F. The van der Waals surface area contributed by atoms with Crippen LogP contribution in [0.2, 0.25) is 0 Å². The Balaban J connectivity index is 2.48. The van der Waals surface area contributed by atoms with Gasteiger partial charge >= 0.3 is 0 Å². The minimum atomic E-state index is -0.805. The Kier molecular flexibility index (Phi) is 2.72. The molecule has 0 spiro atoms. The van der Waals surface area contributed by atoms with E-state index in [-0.39, 0.29) is 11.4 Å². The van der Waals surface area contributed by atoms with Crippen molar-refractivity contribution < 1.29 is 13.6 Å². The molecule has 1 aromatic heterocycles. The number of aromatic nitrogens is 1. The second kappa shape index (κ2) is 4.18. The van der Waals surface area contributed by atoms with Gasteiger partial charge in [0.05, 0.1) is 5.56 Å². The van der Waals surface area contributed by atoms with E-state index in [2.05, 4.69) is 4.98 Å². The van der Waals surface area contributed by atoms with E-state index in [1.165, 1.54) is 24.4 Å². The average Bonchev–Trinajstić information content (AvgIpc) is 2.31. The number of nitrogens with zero attached hydrogens (tertiary/aromatic N) is 1. The van der Waals surface area contributed by atoms with Crippen molar-refractivity contribution in [1.82, 2.24) is 4.98 Å². The Morgan fingerprint density at radius 1 is 1.06 bits per heavy atom. The molecule has 1 heterocycles. The van der Waals surface area contributed by atoms with Gasteiger partial charge in [0.2, 0.25) is 5.95 Å². The number of aldehydes is 1. The fourth-order valence-electron chi connectivity index (χ4n) is 1.35. The van der Waals surface area contributed by atoms with E-state index in [0.29, 0.717) is 17.4 Å². The lowest BCUT2D eigenvalue weighted by Crippen LogP contribution is -1.93. The summed E-state index contributed by atoms with van der Waals surface area (Å²) >= 11 is 0. The second-order valence-electron chi connectivity index (χ2n) is 3.23. The summed E-state index contributed by atoms with van der Waals surface area (Å²) in [6.45, 7) is 0. The van der Waals surface area contributed by atoms with Crippen molar-refractivity contribution in [2.75, 3.05) is 0 Å². The van der Waals surface area contributed by atoms with E-state index in [9.17, 15) is 13.6 Å². The maximum Gasteiger partial charge on any atom is 0.223 e. The number of pyridine rings is 1. The molecule has 0 aliphatic rings. The van der Waals surface area contributed by atoms with Gasteiger partial charge in [0.25, 0.3) is 0 Å². The molecule has 2 nitrogen and oxygen atoms in total. The fourth-order valence-corrected chi connectivity index (χ4v) is 1.35. The molecular weight excluding hydrogens is 212 g/mol. The average molecular weight is 219 g/mol. The lowest BCUT2D eigenvalue weighted by atomic mass is 10.1. The van der Waals surface area contributed by atoms with Gasteiger partial charge in [-0.25, -0.2) is 9.37 Å². The highest BCUT2D eigenvalue weighted by atomic mass is 19.1. The van der Waals surface area contributed by atoms with Crippen LogP contribution < -0.4 is 0 Å².